The fraction of sp³-hybridized carbons (Fsp3) is 1.00. The van der Waals surface area contributed by atoms with Crippen molar-refractivity contribution in [3.63, 3.8) is 0 Å². The Morgan fingerprint density at radius 2 is 1.45 bits per heavy atom. The summed E-state index contributed by atoms with van der Waals surface area (Å²) < 4.78 is 5.41. The van der Waals surface area contributed by atoms with Gasteiger partial charge in [0.25, 0.3) is 0 Å². The molecule has 0 radical (unpaired) electrons. The highest BCUT2D eigenvalue weighted by Gasteiger charge is 2.18. The van der Waals surface area contributed by atoms with Crippen molar-refractivity contribution < 1.29 is 4.74 Å². The molecular weight excluding hydrogens is 250 g/mol. The summed E-state index contributed by atoms with van der Waals surface area (Å²) in [6.45, 7) is 17.7. The van der Waals surface area contributed by atoms with E-state index in [0.717, 1.165) is 32.2 Å². The molecule has 1 atom stereocenters. The molecule has 0 amide bonds. The minimum atomic E-state index is 0.807. The number of morpholine rings is 1. The van der Waals surface area contributed by atoms with E-state index >= 15 is 0 Å². The molecule has 4 nitrogen and oxygen atoms in total. The van der Waals surface area contributed by atoms with Gasteiger partial charge < -0.3 is 14.5 Å². The number of nitrogens with zero attached hydrogens (tertiary/aromatic N) is 3. The average Bonchev–Trinajstić information content (AvgIpc) is 2.48. The van der Waals surface area contributed by atoms with E-state index in [1.54, 1.807) is 0 Å². The highest BCUT2D eigenvalue weighted by atomic mass is 16.5. The molecule has 4 heteroatoms. The summed E-state index contributed by atoms with van der Waals surface area (Å²) in [5, 5.41) is 0. The zero-order valence-corrected chi connectivity index (χ0v) is 13.5. The molecule has 2 aliphatic rings. The lowest BCUT2D eigenvalue weighted by molar-refractivity contribution is 0.0301. The highest BCUT2D eigenvalue weighted by molar-refractivity contribution is 4.73. The predicted molar refractivity (Wildman–Crippen MR) is 84.2 cm³/mol. The van der Waals surface area contributed by atoms with Gasteiger partial charge in [-0.2, -0.15) is 0 Å². The van der Waals surface area contributed by atoms with Crippen molar-refractivity contribution >= 4 is 0 Å². The second kappa shape index (κ2) is 8.98. The maximum Gasteiger partial charge on any atom is 0.0594 e. The van der Waals surface area contributed by atoms with E-state index in [1.807, 2.05) is 0 Å². The Balaban J connectivity index is 1.55. The maximum atomic E-state index is 5.41. The first-order chi connectivity index (χ1) is 9.78. The van der Waals surface area contributed by atoms with Crippen LogP contribution in [0.3, 0.4) is 0 Å². The Hall–Kier alpha value is -0.160. The summed E-state index contributed by atoms with van der Waals surface area (Å²) in [4.78, 5) is 7.82. The first-order valence-electron chi connectivity index (χ1n) is 8.52. The molecule has 1 unspecified atom stereocenters. The highest BCUT2D eigenvalue weighted by Crippen LogP contribution is 2.10. The van der Waals surface area contributed by atoms with Crippen molar-refractivity contribution in [3.05, 3.63) is 0 Å². The Kier molecular flexibility index (Phi) is 7.28. The van der Waals surface area contributed by atoms with E-state index in [0.29, 0.717) is 0 Å². The molecule has 118 valence electrons. The van der Waals surface area contributed by atoms with E-state index < -0.39 is 0 Å². The van der Waals surface area contributed by atoms with Crippen LogP contribution in [-0.2, 0) is 4.74 Å². The fourth-order valence-electron chi connectivity index (χ4n) is 3.27. The van der Waals surface area contributed by atoms with E-state index in [2.05, 4.69) is 28.5 Å². The minimum absolute atomic E-state index is 0.807. The van der Waals surface area contributed by atoms with Crippen LogP contribution >= 0.6 is 0 Å². The number of ether oxygens (including phenoxy) is 1. The Morgan fingerprint density at radius 3 is 2.05 bits per heavy atom. The standard InChI is InChI=1S/C16H33N3O/c1-3-5-17-7-9-18(10-8-17)6-4-16(2)15-19-11-13-20-14-12-19/h16H,3-15H2,1-2H3. The lowest BCUT2D eigenvalue weighted by Gasteiger charge is -2.35. The van der Waals surface area contributed by atoms with Crippen LogP contribution in [0.15, 0.2) is 0 Å². The van der Waals surface area contributed by atoms with E-state index in [9.17, 15) is 0 Å². The predicted octanol–water partition coefficient (Wildman–Crippen LogP) is 1.37. The summed E-state index contributed by atoms with van der Waals surface area (Å²) >= 11 is 0. The molecule has 0 aromatic rings. The van der Waals surface area contributed by atoms with Gasteiger partial charge in [0.1, 0.15) is 0 Å². The first kappa shape index (κ1) is 16.2. The molecule has 0 aliphatic carbocycles. The molecule has 2 heterocycles. The molecule has 2 saturated heterocycles. The van der Waals surface area contributed by atoms with E-state index in [-0.39, 0.29) is 0 Å². The molecule has 0 aromatic carbocycles. The van der Waals surface area contributed by atoms with Gasteiger partial charge in [0, 0.05) is 45.8 Å². The first-order valence-corrected chi connectivity index (χ1v) is 8.52. The van der Waals surface area contributed by atoms with Crippen LogP contribution in [0, 0.1) is 5.92 Å². The van der Waals surface area contributed by atoms with Crippen LogP contribution in [0.2, 0.25) is 0 Å². The number of hydrogen-bond donors (Lipinski definition) is 0. The van der Waals surface area contributed by atoms with Crippen molar-refractivity contribution in [2.75, 3.05) is 72.1 Å². The monoisotopic (exact) mass is 283 g/mol. The van der Waals surface area contributed by atoms with Gasteiger partial charge in [0.2, 0.25) is 0 Å². The Bertz CT molecular complexity index is 248. The summed E-state index contributed by atoms with van der Waals surface area (Å²) in [6.07, 6.45) is 2.63. The lowest BCUT2D eigenvalue weighted by atomic mass is 10.1. The van der Waals surface area contributed by atoms with Gasteiger partial charge in [-0.05, 0) is 31.8 Å². The van der Waals surface area contributed by atoms with Crippen molar-refractivity contribution in [1.29, 1.82) is 0 Å². The van der Waals surface area contributed by atoms with Gasteiger partial charge in [-0.3, -0.25) is 4.90 Å². The molecule has 0 saturated carbocycles. The average molecular weight is 283 g/mol. The molecule has 0 N–H and O–H groups in total. The van der Waals surface area contributed by atoms with Crippen LogP contribution in [0.5, 0.6) is 0 Å². The van der Waals surface area contributed by atoms with Gasteiger partial charge >= 0.3 is 0 Å². The summed E-state index contributed by atoms with van der Waals surface area (Å²) in [5.74, 6) is 0.807. The van der Waals surface area contributed by atoms with Crippen molar-refractivity contribution in [2.24, 2.45) is 5.92 Å². The van der Waals surface area contributed by atoms with Crippen LogP contribution in [0.25, 0.3) is 0 Å². The number of hydrogen-bond acceptors (Lipinski definition) is 4. The molecule has 0 bridgehead atoms. The molecule has 0 aromatic heterocycles. The van der Waals surface area contributed by atoms with Crippen LogP contribution in [0.4, 0.5) is 0 Å². The lowest BCUT2D eigenvalue weighted by Crippen LogP contribution is -2.47. The third kappa shape index (κ3) is 5.68. The second-order valence-corrected chi connectivity index (χ2v) is 6.49. The van der Waals surface area contributed by atoms with Crippen LogP contribution in [0.1, 0.15) is 26.7 Å². The largest absolute Gasteiger partial charge is 0.379 e. The van der Waals surface area contributed by atoms with Gasteiger partial charge in [-0.1, -0.05) is 13.8 Å². The third-order valence-corrected chi connectivity index (χ3v) is 4.62. The van der Waals surface area contributed by atoms with Gasteiger partial charge in [-0.25, -0.2) is 0 Å². The van der Waals surface area contributed by atoms with Crippen molar-refractivity contribution in [3.8, 4) is 0 Å². The van der Waals surface area contributed by atoms with E-state index in [1.165, 1.54) is 58.7 Å². The van der Waals surface area contributed by atoms with Crippen LogP contribution in [-0.4, -0.2) is 86.8 Å². The summed E-state index contributed by atoms with van der Waals surface area (Å²) in [6, 6.07) is 0. The maximum absolute atomic E-state index is 5.41. The second-order valence-electron chi connectivity index (χ2n) is 6.49. The van der Waals surface area contributed by atoms with Gasteiger partial charge in [-0.15, -0.1) is 0 Å². The SMILES string of the molecule is CCCN1CCN(CCC(C)CN2CCOCC2)CC1. The van der Waals surface area contributed by atoms with Crippen molar-refractivity contribution in [1.82, 2.24) is 14.7 Å². The molecule has 0 spiro atoms. The van der Waals surface area contributed by atoms with E-state index in [4.69, 9.17) is 4.74 Å². The zero-order valence-electron chi connectivity index (χ0n) is 13.5. The molecule has 2 fully saturated rings. The normalized spacial score (nSPS) is 24.9. The molecule has 2 rings (SSSR count). The fourth-order valence-corrected chi connectivity index (χ4v) is 3.27. The Labute approximate surface area is 125 Å². The zero-order chi connectivity index (χ0) is 14.2. The van der Waals surface area contributed by atoms with Crippen molar-refractivity contribution in [2.45, 2.75) is 26.7 Å². The van der Waals surface area contributed by atoms with Gasteiger partial charge in [0.05, 0.1) is 13.2 Å². The molecular formula is C16H33N3O. The summed E-state index contributed by atoms with van der Waals surface area (Å²) in [5.41, 5.74) is 0. The third-order valence-electron chi connectivity index (χ3n) is 4.62. The Morgan fingerprint density at radius 1 is 0.850 bits per heavy atom. The van der Waals surface area contributed by atoms with Crippen LogP contribution < -0.4 is 0 Å². The number of piperazine rings is 1. The minimum Gasteiger partial charge on any atom is -0.379 e. The topological polar surface area (TPSA) is 19.0 Å². The quantitative estimate of drug-likeness (QED) is 0.702. The summed E-state index contributed by atoms with van der Waals surface area (Å²) in [7, 11) is 0. The molecule has 20 heavy (non-hydrogen) atoms. The van der Waals surface area contributed by atoms with Gasteiger partial charge in [0.15, 0.2) is 0 Å². The number of rotatable bonds is 7. The smallest absolute Gasteiger partial charge is 0.0594 e. The molecule has 2 aliphatic heterocycles.